The molecular weight excluding hydrogens is 294 g/mol. The molecule has 3 heterocycles. The van der Waals surface area contributed by atoms with Gasteiger partial charge in [-0.25, -0.2) is 0 Å². The Kier molecular flexibility index (Phi) is 3.52. The monoisotopic (exact) mass is 311 g/mol. The Labute approximate surface area is 133 Å². The number of benzene rings is 1. The van der Waals surface area contributed by atoms with Crippen molar-refractivity contribution in [2.24, 2.45) is 0 Å². The van der Waals surface area contributed by atoms with Gasteiger partial charge < -0.3 is 4.42 Å². The third-order valence-corrected chi connectivity index (χ3v) is 5.08. The van der Waals surface area contributed by atoms with Crippen LogP contribution in [0.4, 0.5) is 0 Å². The van der Waals surface area contributed by atoms with Gasteiger partial charge in [-0.2, -0.15) is 0 Å². The van der Waals surface area contributed by atoms with Gasteiger partial charge >= 0.3 is 0 Å². The van der Waals surface area contributed by atoms with Crippen molar-refractivity contribution in [1.29, 1.82) is 0 Å². The summed E-state index contributed by atoms with van der Waals surface area (Å²) in [5.74, 6) is 1.32. The fraction of sp³-hybridized carbons (Fsp3) is 0.294. The third-order valence-electron chi connectivity index (χ3n) is 4.09. The highest BCUT2D eigenvalue weighted by Crippen LogP contribution is 2.38. The molecule has 0 spiro atoms. The Morgan fingerprint density at radius 3 is 2.86 bits per heavy atom. The van der Waals surface area contributed by atoms with Gasteiger partial charge in [-0.05, 0) is 29.0 Å². The number of nitrogens with zero attached hydrogens (tertiary/aromatic N) is 3. The minimum absolute atomic E-state index is 0.267. The van der Waals surface area contributed by atoms with E-state index in [0.29, 0.717) is 18.3 Å². The smallest absolute Gasteiger partial charge is 0.230 e. The molecule has 4 rings (SSSR count). The van der Waals surface area contributed by atoms with Crippen LogP contribution in [0, 0.1) is 6.92 Å². The maximum Gasteiger partial charge on any atom is 0.230 e. The van der Waals surface area contributed by atoms with Crippen LogP contribution in [0.3, 0.4) is 0 Å². The summed E-state index contributed by atoms with van der Waals surface area (Å²) in [6.45, 7) is 3.53. The first-order chi connectivity index (χ1) is 10.8. The lowest BCUT2D eigenvalue weighted by atomic mass is 9.93. The molecule has 0 unspecified atom stereocenters. The van der Waals surface area contributed by atoms with Gasteiger partial charge in [0.1, 0.15) is 0 Å². The van der Waals surface area contributed by atoms with E-state index in [0.717, 1.165) is 13.0 Å². The van der Waals surface area contributed by atoms with Gasteiger partial charge in [-0.15, -0.1) is 21.5 Å². The molecule has 0 aliphatic carbocycles. The first-order valence-corrected chi connectivity index (χ1v) is 8.33. The Bertz CT molecular complexity index is 765. The molecule has 112 valence electrons. The van der Waals surface area contributed by atoms with Crippen LogP contribution in [0.25, 0.3) is 0 Å². The second kappa shape index (κ2) is 5.66. The lowest BCUT2D eigenvalue weighted by molar-refractivity contribution is 0.186. The van der Waals surface area contributed by atoms with Crippen molar-refractivity contribution in [2.45, 2.75) is 25.9 Å². The van der Waals surface area contributed by atoms with Crippen LogP contribution in [0.15, 0.2) is 46.2 Å². The van der Waals surface area contributed by atoms with Crippen LogP contribution in [0.5, 0.6) is 0 Å². The topological polar surface area (TPSA) is 42.2 Å². The molecule has 5 heteroatoms. The number of rotatable bonds is 3. The van der Waals surface area contributed by atoms with Crippen LogP contribution >= 0.6 is 11.3 Å². The quantitative estimate of drug-likeness (QED) is 0.741. The fourth-order valence-corrected chi connectivity index (χ4v) is 4.04. The van der Waals surface area contributed by atoms with Crippen molar-refractivity contribution in [3.63, 3.8) is 0 Å². The molecule has 0 radical (unpaired) electrons. The second-order valence-corrected chi connectivity index (χ2v) is 6.55. The average molecular weight is 311 g/mol. The van der Waals surface area contributed by atoms with Crippen molar-refractivity contribution in [2.75, 3.05) is 6.54 Å². The van der Waals surface area contributed by atoms with Crippen LogP contribution < -0.4 is 0 Å². The first-order valence-electron chi connectivity index (χ1n) is 7.45. The van der Waals surface area contributed by atoms with Crippen LogP contribution in [-0.4, -0.2) is 21.6 Å². The number of thiophene rings is 1. The van der Waals surface area contributed by atoms with E-state index in [9.17, 15) is 0 Å². The van der Waals surface area contributed by atoms with E-state index >= 15 is 0 Å². The van der Waals surface area contributed by atoms with E-state index in [-0.39, 0.29) is 6.04 Å². The molecule has 4 nitrogen and oxygen atoms in total. The average Bonchev–Trinajstić information content (AvgIpc) is 3.17. The molecule has 0 N–H and O–H groups in total. The zero-order valence-electron chi connectivity index (χ0n) is 12.4. The highest BCUT2D eigenvalue weighted by molar-refractivity contribution is 7.10. The summed E-state index contributed by atoms with van der Waals surface area (Å²) in [5, 5.41) is 10.3. The van der Waals surface area contributed by atoms with E-state index in [4.69, 9.17) is 4.42 Å². The lowest BCUT2D eigenvalue weighted by Gasteiger charge is -2.35. The normalized spacial score (nSPS) is 18.3. The maximum absolute atomic E-state index is 5.58. The summed E-state index contributed by atoms with van der Waals surface area (Å²) in [6, 6.07) is 13.2. The van der Waals surface area contributed by atoms with Gasteiger partial charge in [0.05, 0.1) is 12.6 Å². The number of hydrogen-bond acceptors (Lipinski definition) is 5. The number of hydrogen-bond donors (Lipinski definition) is 0. The maximum atomic E-state index is 5.58. The number of fused-ring (bicyclic) bond motifs is 1. The molecular formula is C17H17N3OS. The van der Waals surface area contributed by atoms with E-state index in [2.05, 4.69) is 56.9 Å². The largest absolute Gasteiger partial charge is 0.424 e. The van der Waals surface area contributed by atoms with Crippen LogP contribution in [0.1, 0.15) is 33.8 Å². The molecule has 0 fully saturated rings. The van der Waals surface area contributed by atoms with Gasteiger partial charge in [0.15, 0.2) is 0 Å². The minimum atomic E-state index is 0.267. The van der Waals surface area contributed by atoms with Crippen LogP contribution in [0.2, 0.25) is 0 Å². The predicted molar refractivity (Wildman–Crippen MR) is 85.8 cm³/mol. The molecule has 0 saturated carbocycles. The Morgan fingerprint density at radius 1 is 1.23 bits per heavy atom. The first kappa shape index (κ1) is 13.7. The third kappa shape index (κ3) is 2.46. The summed E-state index contributed by atoms with van der Waals surface area (Å²) in [5.41, 5.74) is 2.73. The molecule has 0 saturated heterocycles. The highest BCUT2D eigenvalue weighted by atomic mass is 32.1. The molecule has 0 bridgehead atoms. The predicted octanol–water partition coefficient (Wildman–Crippen LogP) is 3.59. The summed E-state index contributed by atoms with van der Waals surface area (Å²) in [7, 11) is 0. The summed E-state index contributed by atoms with van der Waals surface area (Å²) >= 11 is 1.86. The van der Waals surface area contributed by atoms with Gasteiger partial charge in [0, 0.05) is 18.3 Å². The molecule has 1 aliphatic rings. The van der Waals surface area contributed by atoms with Crippen molar-refractivity contribution in [3.8, 4) is 0 Å². The van der Waals surface area contributed by atoms with Crippen molar-refractivity contribution < 1.29 is 4.42 Å². The van der Waals surface area contributed by atoms with E-state index in [1.807, 2.05) is 18.3 Å². The molecule has 3 aromatic rings. The van der Waals surface area contributed by atoms with Crippen LogP contribution in [-0.2, 0) is 13.0 Å². The van der Waals surface area contributed by atoms with Crippen molar-refractivity contribution in [3.05, 3.63) is 69.6 Å². The molecule has 1 aromatic carbocycles. The Morgan fingerprint density at radius 2 is 2.09 bits per heavy atom. The van der Waals surface area contributed by atoms with Crippen molar-refractivity contribution in [1.82, 2.24) is 15.1 Å². The Hall–Kier alpha value is -1.98. The SMILES string of the molecule is Cc1nnc(CN2CCc3sccc3[C@@H]2c2ccccc2)o1. The molecule has 22 heavy (non-hydrogen) atoms. The van der Waals surface area contributed by atoms with E-state index in [1.54, 1.807) is 0 Å². The van der Waals surface area contributed by atoms with Gasteiger partial charge in [0.2, 0.25) is 11.8 Å². The zero-order chi connectivity index (χ0) is 14.9. The highest BCUT2D eigenvalue weighted by Gasteiger charge is 2.30. The molecule has 1 aliphatic heterocycles. The Balaban J connectivity index is 1.71. The lowest BCUT2D eigenvalue weighted by Crippen LogP contribution is -2.35. The minimum Gasteiger partial charge on any atom is -0.424 e. The van der Waals surface area contributed by atoms with Gasteiger partial charge in [0.25, 0.3) is 0 Å². The molecule has 1 atom stereocenters. The van der Waals surface area contributed by atoms with Gasteiger partial charge in [-0.1, -0.05) is 30.3 Å². The van der Waals surface area contributed by atoms with Gasteiger partial charge in [-0.3, -0.25) is 4.90 Å². The van der Waals surface area contributed by atoms with Crippen molar-refractivity contribution >= 4 is 11.3 Å². The summed E-state index contributed by atoms with van der Waals surface area (Å²) < 4.78 is 5.58. The second-order valence-electron chi connectivity index (χ2n) is 5.55. The molecule has 0 amide bonds. The number of aryl methyl sites for hydroxylation is 1. The zero-order valence-corrected chi connectivity index (χ0v) is 13.2. The fourth-order valence-electron chi connectivity index (χ4n) is 3.14. The van der Waals surface area contributed by atoms with E-state index in [1.165, 1.54) is 16.0 Å². The molecule has 2 aromatic heterocycles. The standard InChI is InChI=1S/C17H17N3OS/c1-12-18-19-16(21-12)11-20-9-7-15-14(8-10-22-15)17(20)13-5-3-2-4-6-13/h2-6,8,10,17H,7,9,11H2,1H3/t17-/m0/s1. The summed E-state index contributed by atoms with van der Waals surface area (Å²) in [6.07, 6.45) is 1.09. The number of aromatic nitrogens is 2. The van der Waals surface area contributed by atoms with E-state index < -0.39 is 0 Å². The summed E-state index contributed by atoms with van der Waals surface area (Å²) in [4.78, 5) is 3.92.